The number of anilines is 3. The van der Waals surface area contributed by atoms with Gasteiger partial charge in [-0.05, 0) is 85.2 Å². The third-order valence-corrected chi connectivity index (χ3v) is 13.0. The summed E-state index contributed by atoms with van der Waals surface area (Å²) in [5.41, 5.74) is 8.61. The van der Waals surface area contributed by atoms with Gasteiger partial charge in [-0.15, -0.1) is 0 Å². The number of amides is 4. The first-order valence-corrected chi connectivity index (χ1v) is 20.4. The summed E-state index contributed by atoms with van der Waals surface area (Å²) >= 11 is 0. The predicted octanol–water partition coefficient (Wildman–Crippen LogP) is 5.31. The summed E-state index contributed by atoms with van der Waals surface area (Å²) < 4.78 is 34.0. The first-order chi connectivity index (χ1) is 28.5. The number of nitrogens with zero attached hydrogens (tertiary/aromatic N) is 9. The van der Waals surface area contributed by atoms with Gasteiger partial charge in [0.05, 0.1) is 24.0 Å². The monoisotopic (exact) mass is 802 g/mol. The topological polar surface area (TPSA) is 142 Å². The molecule has 7 aliphatic rings. The number of carbonyl (C=O) groups excluding carboxylic acids is 4. The molecule has 7 aliphatic heterocycles. The number of fused-ring (bicyclic) bond motifs is 4. The molecule has 1 atom stereocenters. The van der Waals surface area contributed by atoms with Crippen molar-refractivity contribution in [1.29, 1.82) is 0 Å². The van der Waals surface area contributed by atoms with E-state index in [9.17, 15) is 19.2 Å². The fourth-order valence-corrected chi connectivity index (χ4v) is 9.94. The fourth-order valence-electron chi connectivity index (χ4n) is 9.94. The van der Waals surface area contributed by atoms with Gasteiger partial charge in [-0.25, -0.2) is 8.78 Å². The van der Waals surface area contributed by atoms with Gasteiger partial charge >= 0.3 is 0 Å². The van der Waals surface area contributed by atoms with Crippen LogP contribution >= 0.6 is 0 Å². The molecule has 59 heavy (non-hydrogen) atoms. The number of hydrogen-bond acceptors (Lipinski definition) is 9. The van der Waals surface area contributed by atoms with Crippen molar-refractivity contribution in [3.05, 3.63) is 82.3 Å². The molecule has 4 amide bonds. The van der Waals surface area contributed by atoms with Crippen molar-refractivity contribution in [3.63, 3.8) is 0 Å². The summed E-state index contributed by atoms with van der Waals surface area (Å²) in [5.74, 6) is -0.215. The van der Waals surface area contributed by atoms with Crippen LogP contribution in [-0.2, 0) is 47.4 Å². The Morgan fingerprint density at radius 2 is 1.73 bits per heavy atom. The van der Waals surface area contributed by atoms with E-state index in [1.165, 1.54) is 0 Å². The number of aromatic nitrogens is 5. The highest BCUT2D eigenvalue weighted by Gasteiger charge is 2.40. The van der Waals surface area contributed by atoms with E-state index < -0.39 is 18.4 Å². The van der Waals surface area contributed by atoms with E-state index in [0.29, 0.717) is 67.1 Å². The molecule has 0 saturated carbocycles. The molecule has 1 N–H and O–H groups in total. The zero-order valence-corrected chi connectivity index (χ0v) is 33.0. The van der Waals surface area contributed by atoms with Crippen molar-refractivity contribution in [2.45, 2.75) is 83.5 Å². The molecule has 8 heterocycles. The van der Waals surface area contributed by atoms with E-state index in [-0.39, 0.29) is 35.7 Å². The Balaban J connectivity index is 0.934. The Morgan fingerprint density at radius 3 is 2.51 bits per heavy atom. The van der Waals surface area contributed by atoms with Crippen LogP contribution in [0.15, 0.2) is 48.8 Å². The Hall–Kier alpha value is -6.19. The lowest BCUT2D eigenvalue weighted by Gasteiger charge is -2.35. The van der Waals surface area contributed by atoms with Crippen molar-refractivity contribution < 1.29 is 28.0 Å². The number of benzene rings is 2. The van der Waals surface area contributed by atoms with E-state index in [1.807, 2.05) is 29.2 Å². The standard InChI is InChI=1S/C43H44F2N10O4/c1-24(56)52-17-12-35-33(23-52)41(53-14-3-4-25-19-30(31(40(44)45)20-37(25)53)32-21-46-34-9-13-47-50(2)39(32)34)49-55(35)27-10-15-51(16-11-27)28-5-6-29-26(18-28)22-54(43(29)59)36-7-8-38(57)48-42(36)58/h5-6,9,13,18-21,27,36,40H,3-4,7-8,10-12,14-17,22-23H2,1-2H3,(H,48,57,58). The van der Waals surface area contributed by atoms with Gasteiger partial charge in [-0.2, -0.15) is 10.2 Å². The number of nitrogens with one attached hydrogen (secondary N) is 1. The Labute approximate surface area is 339 Å². The summed E-state index contributed by atoms with van der Waals surface area (Å²) in [6.45, 7) is 5.01. The fraction of sp³-hybridized carbons (Fsp3) is 0.419. The number of rotatable bonds is 6. The number of aryl methyl sites for hydroxylation is 2. The van der Waals surface area contributed by atoms with Crippen molar-refractivity contribution in [2.75, 3.05) is 36.0 Å². The van der Waals surface area contributed by atoms with Crippen LogP contribution in [0.1, 0.15) is 89.8 Å². The second-order valence-corrected chi connectivity index (χ2v) is 16.3. The molecule has 14 nitrogen and oxygen atoms in total. The summed E-state index contributed by atoms with van der Waals surface area (Å²) in [5, 5.41) is 12.0. The highest BCUT2D eigenvalue weighted by Crippen LogP contribution is 2.46. The van der Waals surface area contributed by atoms with Crippen LogP contribution in [0, 0.1) is 0 Å². The molecule has 2 aromatic carbocycles. The van der Waals surface area contributed by atoms with Gasteiger partial charge in [0.15, 0.2) is 5.82 Å². The average Bonchev–Trinajstić information content (AvgIpc) is 3.94. The number of piperidine rings is 2. The molecule has 1 aromatic heterocycles. The lowest BCUT2D eigenvalue weighted by Crippen LogP contribution is -2.52. The van der Waals surface area contributed by atoms with Crippen LogP contribution in [0.5, 0.6) is 0 Å². The minimum atomic E-state index is -2.73. The second kappa shape index (κ2) is 14.3. The molecule has 16 heteroatoms. The van der Waals surface area contributed by atoms with Crippen LogP contribution in [-0.4, -0.2) is 90.2 Å². The van der Waals surface area contributed by atoms with Crippen LogP contribution in [0.3, 0.4) is 0 Å². The molecule has 0 spiro atoms. The van der Waals surface area contributed by atoms with Crippen LogP contribution in [0.25, 0.3) is 22.5 Å². The minimum absolute atomic E-state index is 0.0132. The minimum Gasteiger partial charge on any atom is -0.371 e. The first-order valence-electron chi connectivity index (χ1n) is 20.4. The molecular weight excluding hydrogens is 759 g/mol. The molecular formula is C43H44F2N10O4. The first kappa shape index (κ1) is 37.1. The van der Waals surface area contributed by atoms with Crippen LogP contribution in [0.2, 0.25) is 0 Å². The Morgan fingerprint density at radius 1 is 0.898 bits per heavy atom. The summed E-state index contributed by atoms with van der Waals surface area (Å²) in [4.78, 5) is 62.6. The zero-order valence-electron chi connectivity index (χ0n) is 33.0. The number of imide groups is 1. The molecule has 0 aliphatic carbocycles. The summed E-state index contributed by atoms with van der Waals surface area (Å²) in [7, 11) is 1.79. The van der Waals surface area contributed by atoms with Crippen LogP contribution < -0.4 is 15.1 Å². The smallest absolute Gasteiger partial charge is 0.264 e. The maximum absolute atomic E-state index is 15.1. The summed E-state index contributed by atoms with van der Waals surface area (Å²) in [6.07, 6.45) is 4.91. The lowest BCUT2D eigenvalue weighted by atomic mass is 9.91. The predicted molar refractivity (Wildman–Crippen MR) is 213 cm³/mol. The number of alkyl halides is 2. The summed E-state index contributed by atoms with van der Waals surface area (Å²) in [6, 6.07) is 10.6. The molecule has 0 bridgehead atoms. The maximum atomic E-state index is 15.1. The Bertz CT molecular complexity index is 2520. The second-order valence-electron chi connectivity index (χ2n) is 16.3. The van der Waals surface area contributed by atoms with Crippen molar-refractivity contribution in [1.82, 2.24) is 39.7 Å². The molecule has 10 rings (SSSR count). The molecule has 2 fully saturated rings. The SMILES string of the molecule is CC(=O)N1CCc2c(c(N3CCCc4cc(-c5cnc6ccnn(C)c5-6)c(C(F)F)cc43)nn2C2CCN(c3ccc4c(c3)CN(C3CCC(=O)NC3=O)C4=O)CC2)C1. The van der Waals surface area contributed by atoms with E-state index >= 15 is 8.78 Å². The van der Waals surface area contributed by atoms with Gasteiger partial charge in [-0.1, -0.05) is 0 Å². The molecule has 2 saturated heterocycles. The molecule has 3 aromatic rings. The number of hydrogen-bond donors (Lipinski definition) is 1. The highest BCUT2D eigenvalue weighted by atomic mass is 19.3. The third kappa shape index (κ3) is 6.22. The van der Waals surface area contributed by atoms with Gasteiger partial charge < -0.3 is 19.6 Å². The maximum Gasteiger partial charge on any atom is 0.264 e. The van der Waals surface area contributed by atoms with Gasteiger partial charge in [0.2, 0.25) is 17.7 Å². The lowest BCUT2D eigenvalue weighted by molar-refractivity contribution is -0.137. The zero-order chi connectivity index (χ0) is 40.7. The highest BCUT2D eigenvalue weighted by molar-refractivity contribution is 6.05. The van der Waals surface area contributed by atoms with E-state index in [2.05, 4.69) is 29.9 Å². The molecule has 1 unspecified atom stereocenters. The Kier molecular flexibility index (Phi) is 8.98. The van der Waals surface area contributed by atoms with Gasteiger partial charge in [0.1, 0.15) is 6.04 Å². The van der Waals surface area contributed by atoms with Gasteiger partial charge in [-0.3, -0.25) is 38.8 Å². The molecule has 0 radical (unpaired) electrons. The van der Waals surface area contributed by atoms with E-state index in [1.54, 1.807) is 48.1 Å². The van der Waals surface area contributed by atoms with Crippen molar-refractivity contribution >= 4 is 40.8 Å². The van der Waals surface area contributed by atoms with Crippen LogP contribution in [0.4, 0.5) is 26.0 Å². The molecule has 304 valence electrons. The largest absolute Gasteiger partial charge is 0.371 e. The number of carbonyl (C=O) groups is 4. The van der Waals surface area contributed by atoms with E-state index in [0.717, 1.165) is 78.3 Å². The van der Waals surface area contributed by atoms with Crippen molar-refractivity contribution in [3.8, 4) is 22.5 Å². The number of halogens is 2. The third-order valence-electron chi connectivity index (χ3n) is 13.0. The van der Waals surface area contributed by atoms with Gasteiger partial charge in [0.25, 0.3) is 12.3 Å². The normalized spacial score (nSPS) is 19.7. The van der Waals surface area contributed by atoms with Gasteiger partial charge in [0, 0.05) is 111 Å². The van der Waals surface area contributed by atoms with Crippen molar-refractivity contribution in [2.24, 2.45) is 7.05 Å². The quantitative estimate of drug-likeness (QED) is 0.226. The van der Waals surface area contributed by atoms with E-state index in [4.69, 9.17) is 5.10 Å². The average molecular weight is 803 g/mol.